The number of hydrogen-bond acceptors (Lipinski definition) is 1. The summed E-state index contributed by atoms with van der Waals surface area (Å²) in [6.45, 7) is 4.29. The third kappa shape index (κ3) is 7.66. The lowest BCUT2D eigenvalue weighted by Gasteiger charge is -2.10. The molecule has 0 bridgehead atoms. The first-order chi connectivity index (χ1) is 10.1. The Bertz CT molecular complexity index is 397. The van der Waals surface area contributed by atoms with Crippen molar-refractivity contribution in [3.63, 3.8) is 0 Å². The van der Waals surface area contributed by atoms with Crippen LogP contribution in [0.25, 0.3) is 0 Å². The number of hydrogen-bond donors (Lipinski definition) is 0. The quantitative estimate of drug-likeness (QED) is 0.329. The van der Waals surface area contributed by atoms with Crippen LogP contribution in [0.1, 0.15) is 82.0 Å². The van der Waals surface area contributed by atoms with E-state index in [1.165, 1.54) is 44.9 Å². The van der Waals surface area contributed by atoms with E-state index in [1.54, 1.807) is 12.1 Å². The molecule has 0 aromatic heterocycles. The van der Waals surface area contributed by atoms with E-state index in [-0.39, 0.29) is 11.7 Å². The van der Waals surface area contributed by atoms with Gasteiger partial charge in [0, 0.05) is 16.5 Å². The Balaban J connectivity index is 2.14. The van der Waals surface area contributed by atoms with Gasteiger partial charge in [-0.05, 0) is 30.7 Å². The highest BCUT2D eigenvalue weighted by atomic mass is 35.5. The molecule has 21 heavy (non-hydrogen) atoms. The Kier molecular flexibility index (Phi) is 9.41. The van der Waals surface area contributed by atoms with Gasteiger partial charge < -0.3 is 0 Å². The number of halogens is 1. The second-order valence-corrected chi connectivity index (χ2v) is 6.47. The highest BCUT2D eigenvalue weighted by molar-refractivity contribution is 6.30. The lowest BCUT2D eigenvalue weighted by molar-refractivity contribution is 0.0922. The average molecular weight is 309 g/mol. The van der Waals surface area contributed by atoms with E-state index in [0.29, 0.717) is 5.02 Å². The lowest BCUT2D eigenvalue weighted by Crippen LogP contribution is -2.11. The van der Waals surface area contributed by atoms with E-state index < -0.39 is 0 Å². The van der Waals surface area contributed by atoms with Crippen molar-refractivity contribution in [1.29, 1.82) is 0 Å². The molecule has 0 spiro atoms. The summed E-state index contributed by atoms with van der Waals surface area (Å²) in [6, 6.07) is 7.24. The molecule has 0 fully saturated rings. The van der Waals surface area contributed by atoms with Gasteiger partial charge in [-0.15, -0.1) is 0 Å². The molecule has 1 atom stereocenters. The first kappa shape index (κ1) is 18.2. The summed E-state index contributed by atoms with van der Waals surface area (Å²) >= 11 is 5.85. The maximum absolute atomic E-state index is 12.3. The number of ketones is 1. The summed E-state index contributed by atoms with van der Waals surface area (Å²) in [5.74, 6) is 0.362. The van der Waals surface area contributed by atoms with Crippen molar-refractivity contribution < 1.29 is 4.79 Å². The molecule has 1 nitrogen and oxygen atoms in total. The molecule has 1 rings (SSSR count). The van der Waals surface area contributed by atoms with Crippen LogP contribution in [-0.4, -0.2) is 5.78 Å². The van der Waals surface area contributed by atoms with Crippen molar-refractivity contribution in [2.45, 2.75) is 71.6 Å². The SMILES string of the molecule is CCCCCCCCCCC(C)C(=O)c1ccc(Cl)cc1. The Hall–Kier alpha value is -0.820. The molecule has 0 saturated carbocycles. The number of carbonyl (C=O) groups is 1. The van der Waals surface area contributed by atoms with Gasteiger partial charge in [0.2, 0.25) is 0 Å². The summed E-state index contributed by atoms with van der Waals surface area (Å²) in [5, 5.41) is 0.683. The van der Waals surface area contributed by atoms with Crippen molar-refractivity contribution >= 4 is 17.4 Å². The van der Waals surface area contributed by atoms with Gasteiger partial charge in [0.15, 0.2) is 5.78 Å². The van der Waals surface area contributed by atoms with E-state index in [1.807, 2.05) is 19.1 Å². The monoisotopic (exact) mass is 308 g/mol. The largest absolute Gasteiger partial charge is 0.294 e. The minimum Gasteiger partial charge on any atom is -0.294 e. The van der Waals surface area contributed by atoms with E-state index in [2.05, 4.69) is 6.92 Å². The standard InChI is InChI=1S/C19H29ClO/c1-3-4-5-6-7-8-9-10-11-16(2)19(21)17-12-14-18(20)15-13-17/h12-16H,3-11H2,1-2H3. The molecule has 1 unspecified atom stereocenters. The van der Waals surface area contributed by atoms with Gasteiger partial charge in [0.05, 0.1) is 0 Å². The van der Waals surface area contributed by atoms with Gasteiger partial charge in [0.1, 0.15) is 0 Å². The number of carbonyl (C=O) groups excluding carboxylic acids is 1. The molecule has 0 saturated heterocycles. The maximum atomic E-state index is 12.3. The van der Waals surface area contributed by atoms with Gasteiger partial charge in [-0.3, -0.25) is 4.79 Å². The first-order valence-electron chi connectivity index (χ1n) is 8.45. The molecule has 0 aliphatic rings. The zero-order valence-electron chi connectivity index (χ0n) is 13.5. The topological polar surface area (TPSA) is 17.1 Å². The minimum absolute atomic E-state index is 0.117. The van der Waals surface area contributed by atoms with Crippen molar-refractivity contribution in [1.82, 2.24) is 0 Å². The predicted octanol–water partition coefficient (Wildman–Crippen LogP) is 6.69. The van der Waals surface area contributed by atoms with Crippen molar-refractivity contribution in [3.05, 3.63) is 34.9 Å². The Morgan fingerprint density at radius 2 is 1.48 bits per heavy atom. The van der Waals surface area contributed by atoms with Gasteiger partial charge in [-0.25, -0.2) is 0 Å². The Morgan fingerprint density at radius 1 is 0.952 bits per heavy atom. The minimum atomic E-state index is 0.117. The molecule has 1 aromatic rings. The van der Waals surface area contributed by atoms with Crippen LogP contribution >= 0.6 is 11.6 Å². The zero-order valence-corrected chi connectivity index (χ0v) is 14.3. The number of unbranched alkanes of at least 4 members (excludes halogenated alkanes) is 7. The second kappa shape index (κ2) is 10.8. The van der Waals surface area contributed by atoms with Gasteiger partial charge in [-0.2, -0.15) is 0 Å². The normalized spacial score (nSPS) is 12.3. The molecule has 2 heteroatoms. The fourth-order valence-electron chi connectivity index (χ4n) is 2.61. The molecule has 0 aliphatic heterocycles. The van der Waals surface area contributed by atoms with Crippen LogP contribution in [-0.2, 0) is 0 Å². The van der Waals surface area contributed by atoms with Crippen LogP contribution in [0.2, 0.25) is 5.02 Å². The molecule has 1 aromatic carbocycles. The second-order valence-electron chi connectivity index (χ2n) is 6.04. The predicted molar refractivity (Wildman–Crippen MR) is 92.2 cm³/mol. The summed E-state index contributed by atoms with van der Waals surface area (Å²) in [7, 11) is 0. The smallest absolute Gasteiger partial charge is 0.165 e. The van der Waals surface area contributed by atoms with E-state index >= 15 is 0 Å². The molecule has 0 heterocycles. The number of Topliss-reactive ketones (excluding diaryl/α,β-unsaturated/α-hetero) is 1. The van der Waals surface area contributed by atoms with Gasteiger partial charge in [-0.1, -0.05) is 76.8 Å². The van der Waals surface area contributed by atoms with Crippen molar-refractivity contribution in [2.75, 3.05) is 0 Å². The van der Waals surface area contributed by atoms with E-state index in [9.17, 15) is 4.79 Å². The summed E-state index contributed by atoms with van der Waals surface area (Å²) in [5.41, 5.74) is 0.784. The zero-order chi connectivity index (χ0) is 15.5. The fraction of sp³-hybridized carbons (Fsp3) is 0.632. The van der Waals surface area contributed by atoms with E-state index in [4.69, 9.17) is 11.6 Å². The summed E-state index contributed by atoms with van der Waals surface area (Å²) in [6.07, 6.45) is 11.5. The van der Waals surface area contributed by atoms with Crippen LogP contribution in [0.4, 0.5) is 0 Å². The first-order valence-corrected chi connectivity index (χ1v) is 8.82. The summed E-state index contributed by atoms with van der Waals surface area (Å²) in [4.78, 5) is 12.3. The molecular weight excluding hydrogens is 280 g/mol. The van der Waals surface area contributed by atoms with Crippen LogP contribution in [0.5, 0.6) is 0 Å². The molecule has 0 amide bonds. The lowest BCUT2D eigenvalue weighted by atomic mass is 9.94. The average Bonchev–Trinajstić information content (AvgIpc) is 2.49. The van der Waals surface area contributed by atoms with Gasteiger partial charge >= 0.3 is 0 Å². The Labute approximate surface area is 135 Å². The fourth-order valence-corrected chi connectivity index (χ4v) is 2.74. The Morgan fingerprint density at radius 3 is 2.05 bits per heavy atom. The van der Waals surface area contributed by atoms with E-state index in [0.717, 1.165) is 18.4 Å². The number of benzene rings is 1. The third-order valence-electron chi connectivity index (χ3n) is 4.07. The van der Waals surface area contributed by atoms with Crippen LogP contribution in [0, 0.1) is 5.92 Å². The van der Waals surface area contributed by atoms with Crippen LogP contribution in [0.3, 0.4) is 0 Å². The van der Waals surface area contributed by atoms with Crippen LogP contribution < -0.4 is 0 Å². The van der Waals surface area contributed by atoms with Crippen molar-refractivity contribution in [3.8, 4) is 0 Å². The van der Waals surface area contributed by atoms with Crippen LogP contribution in [0.15, 0.2) is 24.3 Å². The molecule has 0 N–H and O–H groups in total. The third-order valence-corrected chi connectivity index (χ3v) is 4.32. The highest BCUT2D eigenvalue weighted by Gasteiger charge is 2.14. The number of rotatable bonds is 11. The molecule has 0 aliphatic carbocycles. The maximum Gasteiger partial charge on any atom is 0.165 e. The summed E-state index contributed by atoms with van der Waals surface area (Å²) < 4.78 is 0. The molecular formula is C19H29ClO. The van der Waals surface area contributed by atoms with Crippen molar-refractivity contribution in [2.24, 2.45) is 5.92 Å². The molecule has 118 valence electrons. The highest BCUT2D eigenvalue weighted by Crippen LogP contribution is 2.18. The van der Waals surface area contributed by atoms with Gasteiger partial charge in [0.25, 0.3) is 0 Å². The molecule has 0 radical (unpaired) electrons.